The highest BCUT2D eigenvalue weighted by Crippen LogP contribution is 2.47. The Bertz CT molecular complexity index is 865. The summed E-state index contributed by atoms with van der Waals surface area (Å²) in [6.07, 6.45) is 6.17. The van der Waals surface area contributed by atoms with Gasteiger partial charge in [0.1, 0.15) is 18.5 Å². The molecule has 0 spiro atoms. The maximum Gasteiger partial charge on any atom is 0.123 e. The predicted octanol–water partition coefficient (Wildman–Crippen LogP) is 4.11. The molecule has 5 rings (SSSR count). The van der Waals surface area contributed by atoms with Crippen LogP contribution >= 0.6 is 0 Å². The second kappa shape index (κ2) is 9.32. The first-order valence-electron chi connectivity index (χ1n) is 12.1. The van der Waals surface area contributed by atoms with Gasteiger partial charge in [-0.25, -0.2) is 0 Å². The van der Waals surface area contributed by atoms with Gasteiger partial charge in [-0.05, 0) is 68.2 Å². The summed E-state index contributed by atoms with van der Waals surface area (Å²) in [5.74, 6) is 2.73. The molecule has 0 amide bonds. The smallest absolute Gasteiger partial charge is 0.123 e. The molecule has 1 unspecified atom stereocenters. The summed E-state index contributed by atoms with van der Waals surface area (Å²) in [4.78, 5) is 4.89. The van der Waals surface area contributed by atoms with Gasteiger partial charge in [0.25, 0.3) is 0 Å². The SMILES string of the molecule is CN(Cc1ccccc1OCC(O)CN1CCc2ccccc2C1)C(C1CC1)C1CC1. The largest absolute Gasteiger partial charge is 0.491 e. The third-order valence-electron chi connectivity index (χ3n) is 7.22. The molecule has 1 N–H and O–H groups in total. The van der Waals surface area contributed by atoms with Crippen molar-refractivity contribution in [1.82, 2.24) is 9.80 Å². The average Bonchev–Trinajstić information content (AvgIpc) is 3.69. The molecule has 1 aliphatic heterocycles. The fourth-order valence-electron chi connectivity index (χ4n) is 5.38. The minimum absolute atomic E-state index is 0.341. The lowest BCUT2D eigenvalue weighted by Crippen LogP contribution is -2.39. The van der Waals surface area contributed by atoms with Crippen LogP contribution in [-0.2, 0) is 19.5 Å². The Morgan fingerprint density at radius 2 is 1.68 bits per heavy atom. The van der Waals surface area contributed by atoms with E-state index in [0.29, 0.717) is 13.2 Å². The van der Waals surface area contributed by atoms with Crippen LogP contribution in [0, 0.1) is 11.8 Å². The standard InChI is InChI=1S/C27H36N2O2/c1-28(27(21-10-11-21)22-12-13-22)16-24-8-4-5-9-26(24)31-19-25(30)18-29-15-14-20-6-2-3-7-23(20)17-29/h2-9,21-22,25,27,30H,10-19H2,1H3. The Balaban J connectivity index is 1.14. The van der Waals surface area contributed by atoms with Crippen molar-refractivity contribution in [2.75, 3.05) is 26.7 Å². The average molecular weight is 421 g/mol. The van der Waals surface area contributed by atoms with Crippen LogP contribution in [0.2, 0.25) is 0 Å². The van der Waals surface area contributed by atoms with Gasteiger partial charge >= 0.3 is 0 Å². The zero-order chi connectivity index (χ0) is 21.2. The zero-order valence-electron chi connectivity index (χ0n) is 18.7. The van der Waals surface area contributed by atoms with Crippen LogP contribution in [-0.4, -0.2) is 53.8 Å². The monoisotopic (exact) mass is 420 g/mol. The van der Waals surface area contributed by atoms with Crippen molar-refractivity contribution in [2.45, 2.75) is 57.3 Å². The summed E-state index contributed by atoms with van der Waals surface area (Å²) in [5.41, 5.74) is 4.06. The highest BCUT2D eigenvalue weighted by Gasteiger charge is 2.43. The quantitative estimate of drug-likeness (QED) is 0.628. The van der Waals surface area contributed by atoms with Gasteiger partial charge < -0.3 is 9.84 Å². The normalized spacial score (nSPS) is 20.1. The van der Waals surface area contributed by atoms with Crippen LogP contribution in [0.15, 0.2) is 48.5 Å². The molecular weight excluding hydrogens is 384 g/mol. The van der Waals surface area contributed by atoms with Crippen LogP contribution in [0.5, 0.6) is 5.75 Å². The molecule has 31 heavy (non-hydrogen) atoms. The van der Waals surface area contributed by atoms with Crippen molar-refractivity contribution >= 4 is 0 Å². The molecule has 0 radical (unpaired) electrons. The second-order valence-corrected chi connectivity index (χ2v) is 9.91. The maximum atomic E-state index is 10.7. The minimum atomic E-state index is -0.485. The Hall–Kier alpha value is -1.88. The van der Waals surface area contributed by atoms with E-state index in [0.717, 1.165) is 49.7 Å². The first-order valence-corrected chi connectivity index (χ1v) is 12.1. The molecule has 0 bridgehead atoms. The summed E-state index contributed by atoms with van der Waals surface area (Å²) in [7, 11) is 2.28. The first kappa shape index (κ1) is 21.0. The van der Waals surface area contributed by atoms with Crippen molar-refractivity contribution in [3.8, 4) is 5.75 Å². The summed E-state index contributed by atoms with van der Waals surface area (Å²) < 4.78 is 6.14. The first-order chi connectivity index (χ1) is 15.2. The number of rotatable bonds is 10. The molecule has 2 fully saturated rings. The van der Waals surface area contributed by atoms with Crippen LogP contribution in [0.25, 0.3) is 0 Å². The molecule has 2 saturated carbocycles. The van der Waals surface area contributed by atoms with E-state index in [4.69, 9.17) is 4.74 Å². The van der Waals surface area contributed by atoms with E-state index >= 15 is 0 Å². The van der Waals surface area contributed by atoms with E-state index in [1.165, 1.54) is 42.4 Å². The number of aliphatic hydroxyl groups is 1. The van der Waals surface area contributed by atoms with Crippen LogP contribution < -0.4 is 4.74 Å². The van der Waals surface area contributed by atoms with Crippen LogP contribution in [0.3, 0.4) is 0 Å². The molecule has 2 aliphatic carbocycles. The van der Waals surface area contributed by atoms with Gasteiger partial charge in [-0.3, -0.25) is 9.80 Å². The van der Waals surface area contributed by atoms with Gasteiger partial charge in [-0.1, -0.05) is 42.5 Å². The number of para-hydroxylation sites is 1. The van der Waals surface area contributed by atoms with Crippen molar-refractivity contribution in [3.63, 3.8) is 0 Å². The summed E-state index contributed by atoms with van der Waals surface area (Å²) in [5, 5.41) is 10.7. The summed E-state index contributed by atoms with van der Waals surface area (Å²) in [6.45, 7) is 3.83. The highest BCUT2D eigenvalue weighted by molar-refractivity contribution is 5.33. The zero-order valence-corrected chi connectivity index (χ0v) is 18.7. The van der Waals surface area contributed by atoms with Crippen molar-refractivity contribution < 1.29 is 9.84 Å². The lowest BCUT2D eigenvalue weighted by molar-refractivity contribution is 0.0630. The Labute approximate surface area is 186 Å². The van der Waals surface area contributed by atoms with E-state index in [-0.39, 0.29) is 0 Å². The van der Waals surface area contributed by atoms with Crippen LogP contribution in [0.4, 0.5) is 0 Å². The molecule has 4 nitrogen and oxygen atoms in total. The lowest BCUT2D eigenvalue weighted by atomic mass is 10.00. The summed E-state index contributed by atoms with van der Waals surface area (Å²) >= 11 is 0. The van der Waals surface area contributed by atoms with Crippen molar-refractivity contribution in [3.05, 3.63) is 65.2 Å². The number of nitrogens with zero attached hydrogens (tertiary/aromatic N) is 2. The molecule has 1 heterocycles. The second-order valence-electron chi connectivity index (χ2n) is 9.91. The van der Waals surface area contributed by atoms with Crippen molar-refractivity contribution in [2.24, 2.45) is 11.8 Å². The molecule has 2 aromatic rings. The molecule has 2 aromatic carbocycles. The van der Waals surface area contributed by atoms with Gasteiger partial charge in [0.2, 0.25) is 0 Å². The fourth-order valence-corrected chi connectivity index (χ4v) is 5.38. The Kier molecular flexibility index (Phi) is 6.31. The molecular formula is C27H36N2O2. The fraction of sp³-hybridized carbons (Fsp3) is 0.556. The Morgan fingerprint density at radius 3 is 2.42 bits per heavy atom. The number of β-amino-alcohol motifs (C(OH)–C–C–N with tert-alkyl or cyclic N) is 1. The molecule has 3 aliphatic rings. The minimum Gasteiger partial charge on any atom is -0.491 e. The maximum absolute atomic E-state index is 10.7. The van der Waals surface area contributed by atoms with Gasteiger partial charge in [-0.15, -0.1) is 0 Å². The number of ether oxygens (including phenoxy) is 1. The van der Waals surface area contributed by atoms with Gasteiger partial charge in [0.05, 0.1) is 0 Å². The van der Waals surface area contributed by atoms with Crippen LogP contribution in [0.1, 0.15) is 42.4 Å². The van der Waals surface area contributed by atoms with E-state index in [1.807, 2.05) is 6.07 Å². The predicted molar refractivity (Wildman–Crippen MR) is 124 cm³/mol. The topological polar surface area (TPSA) is 35.9 Å². The molecule has 4 heteroatoms. The molecule has 1 atom stereocenters. The Morgan fingerprint density at radius 1 is 1.00 bits per heavy atom. The van der Waals surface area contributed by atoms with E-state index in [2.05, 4.69) is 59.3 Å². The number of fused-ring (bicyclic) bond motifs is 1. The lowest BCUT2D eigenvalue weighted by Gasteiger charge is -2.30. The van der Waals surface area contributed by atoms with E-state index < -0.39 is 6.10 Å². The third-order valence-corrected chi connectivity index (χ3v) is 7.22. The molecule has 166 valence electrons. The third kappa shape index (κ3) is 5.31. The molecule has 0 aromatic heterocycles. The van der Waals surface area contributed by atoms with Gasteiger partial charge in [0.15, 0.2) is 0 Å². The highest BCUT2D eigenvalue weighted by atomic mass is 16.5. The molecule has 0 saturated heterocycles. The van der Waals surface area contributed by atoms with Gasteiger partial charge in [0, 0.05) is 37.8 Å². The number of hydrogen-bond acceptors (Lipinski definition) is 4. The van der Waals surface area contributed by atoms with E-state index in [1.54, 1.807) is 0 Å². The van der Waals surface area contributed by atoms with Gasteiger partial charge in [-0.2, -0.15) is 0 Å². The van der Waals surface area contributed by atoms with Crippen molar-refractivity contribution in [1.29, 1.82) is 0 Å². The summed E-state index contributed by atoms with van der Waals surface area (Å²) in [6, 6.07) is 17.7. The number of benzene rings is 2. The number of hydrogen-bond donors (Lipinski definition) is 1. The van der Waals surface area contributed by atoms with E-state index in [9.17, 15) is 5.11 Å². The number of aliphatic hydroxyl groups excluding tert-OH is 1.